The van der Waals surface area contributed by atoms with Crippen LogP contribution in [0, 0.1) is 6.92 Å². The van der Waals surface area contributed by atoms with Gasteiger partial charge in [0.15, 0.2) is 0 Å². The Morgan fingerprint density at radius 1 is 1.18 bits per heavy atom. The first kappa shape index (κ1) is 20.7. The van der Waals surface area contributed by atoms with Crippen LogP contribution in [0.4, 0.5) is 4.79 Å². The Balaban J connectivity index is 1.77. The van der Waals surface area contributed by atoms with Gasteiger partial charge in [0.1, 0.15) is 0 Å². The van der Waals surface area contributed by atoms with E-state index < -0.39 is 5.54 Å². The number of carbonyl (C=O) groups is 2. The van der Waals surface area contributed by atoms with Crippen LogP contribution in [0.15, 0.2) is 12.1 Å². The monoisotopic (exact) mass is 389 g/mol. The lowest BCUT2D eigenvalue weighted by Crippen LogP contribution is -2.57. The van der Waals surface area contributed by atoms with E-state index in [2.05, 4.69) is 35.9 Å². The highest BCUT2D eigenvalue weighted by Crippen LogP contribution is 2.35. The maximum atomic E-state index is 13.4. The van der Waals surface area contributed by atoms with Crippen molar-refractivity contribution in [2.75, 3.05) is 13.2 Å². The number of urea groups is 1. The molecule has 2 aliphatic rings. The van der Waals surface area contributed by atoms with Gasteiger partial charge in [-0.2, -0.15) is 0 Å². The SMILES string of the molecule is CCC[C@@H]1c2ccc(C)n2CCN1C(=O)NC1(CC(=O)OCC)CCCCC1. The van der Waals surface area contributed by atoms with E-state index in [1.165, 1.54) is 11.4 Å². The second-order valence-electron chi connectivity index (χ2n) is 8.30. The minimum Gasteiger partial charge on any atom is -0.466 e. The summed E-state index contributed by atoms with van der Waals surface area (Å²) in [7, 11) is 0. The molecule has 0 radical (unpaired) electrons. The van der Waals surface area contributed by atoms with Crippen molar-refractivity contribution in [1.29, 1.82) is 0 Å². The Bertz CT molecular complexity index is 691. The van der Waals surface area contributed by atoms with E-state index in [9.17, 15) is 9.59 Å². The second-order valence-corrected chi connectivity index (χ2v) is 8.30. The fraction of sp³-hybridized carbons (Fsp3) is 0.727. The molecular weight excluding hydrogens is 354 g/mol. The lowest BCUT2D eigenvalue weighted by Gasteiger charge is -2.42. The molecule has 0 saturated heterocycles. The summed E-state index contributed by atoms with van der Waals surface area (Å²) in [6.07, 6.45) is 7.18. The van der Waals surface area contributed by atoms with Crippen LogP contribution in [0.25, 0.3) is 0 Å². The van der Waals surface area contributed by atoms with Gasteiger partial charge in [-0.25, -0.2) is 4.79 Å². The lowest BCUT2D eigenvalue weighted by atomic mass is 9.79. The van der Waals surface area contributed by atoms with Crippen LogP contribution in [-0.4, -0.2) is 40.2 Å². The van der Waals surface area contributed by atoms with E-state index >= 15 is 0 Å². The molecule has 0 bridgehead atoms. The molecule has 3 rings (SSSR count). The third-order valence-electron chi connectivity index (χ3n) is 6.31. The third kappa shape index (κ3) is 4.36. The first-order chi connectivity index (χ1) is 13.5. The topological polar surface area (TPSA) is 63.6 Å². The van der Waals surface area contributed by atoms with E-state index in [-0.39, 0.29) is 24.5 Å². The van der Waals surface area contributed by atoms with Gasteiger partial charge in [-0.05, 0) is 45.2 Å². The number of nitrogens with zero attached hydrogens (tertiary/aromatic N) is 2. The normalized spacial score (nSPS) is 21.1. The Labute approximate surface area is 168 Å². The first-order valence-corrected chi connectivity index (χ1v) is 10.9. The minimum absolute atomic E-state index is 0.0326. The number of ether oxygens (including phenoxy) is 1. The Hall–Kier alpha value is -1.98. The third-order valence-corrected chi connectivity index (χ3v) is 6.31. The van der Waals surface area contributed by atoms with Crippen molar-refractivity contribution in [3.8, 4) is 0 Å². The van der Waals surface area contributed by atoms with Crippen LogP contribution >= 0.6 is 0 Å². The molecule has 2 amide bonds. The van der Waals surface area contributed by atoms with Gasteiger partial charge >= 0.3 is 12.0 Å². The van der Waals surface area contributed by atoms with Crippen LogP contribution in [-0.2, 0) is 16.1 Å². The number of fused-ring (bicyclic) bond motifs is 1. The van der Waals surface area contributed by atoms with Gasteiger partial charge in [-0.3, -0.25) is 4.79 Å². The van der Waals surface area contributed by atoms with E-state index in [0.717, 1.165) is 51.5 Å². The molecule has 1 aliphatic heterocycles. The van der Waals surface area contributed by atoms with Crippen LogP contribution in [0.3, 0.4) is 0 Å². The van der Waals surface area contributed by atoms with Crippen molar-refractivity contribution >= 4 is 12.0 Å². The molecule has 1 saturated carbocycles. The van der Waals surface area contributed by atoms with Gasteiger partial charge in [0.25, 0.3) is 0 Å². The van der Waals surface area contributed by atoms with Gasteiger partial charge in [-0.1, -0.05) is 32.6 Å². The standard InChI is InChI=1S/C22H35N3O3/c1-4-9-18-19-11-10-17(3)24(19)14-15-25(18)21(27)23-22(12-7-6-8-13-22)16-20(26)28-5-2/h10-11,18H,4-9,12-16H2,1-3H3,(H,23,27)/t18-/m1/s1. The minimum atomic E-state index is -0.465. The summed E-state index contributed by atoms with van der Waals surface area (Å²) in [6.45, 7) is 8.02. The predicted octanol–water partition coefficient (Wildman–Crippen LogP) is 4.32. The Morgan fingerprint density at radius 3 is 2.61 bits per heavy atom. The number of aromatic nitrogens is 1. The zero-order chi connectivity index (χ0) is 20.1. The average Bonchev–Trinajstić information content (AvgIpc) is 3.04. The molecule has 28 heavy (non-hydrogen) atoms. The number of aryl methyl sites for hydroxylation is 1. The second kappa shape index (κ2) is 9.01. The molecule has 1 aliphatic carbocycles. The maximum Gasteiger partial charge on any atom is 0.318 e. The number of amides is 2. The van der Waals surface area contributed by atoms with Crippen molar-refractivity contribution < 1.29 is 14.3 Å². The smallest absolute Gasteiger partial charge is 0.318 e. The quantitative estimate of drug-likeness (QED) is 0.737. The number of hydrogen-bond donors (Lipinski definition) is 1. The van der Waals surface area contributed by atoms with Crippen LogP contribution in [0.1, 0.15) is 82.6 Å². The Kier molecular flexibility index (Phi) is 6.68. The van der Waals surface area contributed by atoms with Crippen LogP contribution in [0.5, 0.6) is 0 Å². The van der Waals surface area contributed by atoms with E-state index in [4.69, 9.17) is 4.74 Å². The predicted molar refractivity (Wildman–Crippen MR) is 109 cm³/mol. The van der Waals surface area contributed by atoms with Crippen molar-refractivity contribution in [2.24, 2.45) is 0 Å². The number of hydrogen-bond acceptors (Lipinski definition) is 3. The Morgan fingerprint density at radius 2 is 1.93 bits per heavy atom. The maximum absolute atomic E-state index is 13.4. The average molecular weight is 390 g/mol. The fourth-order valence-corrected chi connectivity index (χ4v) is 4.89. The molecule has 1 N–H and O–H groups in total. The van der Waals surface area contributed by atoms with Gasteiger partial charge in [0.05, 0.1) is 24.6 Å². The summed E-state index contributed by atoms with van der Waals surface area (Å²) in [6, 6.07) is 4.36. The summed E-state index contributed by atoms with van der Waals surface area (Å²) in [5.41, 5.74) is 2.01. The first-order valence-electron chi connectivity index (χ1n) is 10.9. The molecular formula is C22H35N3O3. The number of nitrogens with one attached hydrogen (secondary N) is 1. The van der Waals surface area contributed by atoms with E-state index in [1.807, 2.05) is 11.8 Å². The zero-order valence-electron chi connectivity index (χ0n) is 17.6. The largest absolute Gasteiger partial charge is 0.466 e. The van der Waals surface area contributed by atoms with Gasteiger partial charge < -0.3 is 19.5 Å². The molecule has 0 spiro atoms. The molecule has 1 atom stereocenters. The molecule has 0 unspecified atom stereocenters. The highest BCUT2D eigenvalue weighted by molar-refractivity contribution is 5.78. The molecule has 0 aromatic carbocycles. The van der Waals surface area contributed by atoms with Crippen molar-refractivity contribution in [2.45, 2.75) is 90.3 Å². The summed E-state index contributed by atoms with van der Waals surface area (Å²) in [4.78, 5) is 27.6. The summed E-state index contributed by atoms with van der Waals surface area (Å²) < 4.78 is 7.53. The summed E-state index contributed by atoms with van der Waals surface area (Å²) in [5.74, 6) is -0.210. The van der Waals surface area contributed by atoms with Crippen LogP contribution < -0.4 is 5.32 Å². The molecule has 156 valence electrons. The molecule has 1 fully saturated rings. The van der Waals surface area contributed by atoms with Gasteiger partial charge in [-0.15, -0.1) is 0 Å². The highest BCUT2D eigenvalue weighted by atomic mass is 16.5. The van der Waals surface area contributed by atoms with Gasteiger partial charge in [0, 0.05) is 24.5 Å². The van der Waals surface area contributed by atoms with E-state index in [1.54, 1.807) is 0 Å². The molecule has 2 heterocycles. The molecule has 6 nitrogen and oxygen atoms in total. The fourth-order valence-electron chi connectivity index (χ4n) is 4.89. The summed E-state index contributed by atoms with van der Waals surface area (Å²) in [5, 5.41) is 3.29. The van der Waals surface area contributed by atoms with Gasteiger partial charge in [0.2, 0.25) is 0 Å². The zero-order valence-corrected chi connectivity index (χ0v) is 17.6. The van der Waals surface area contributed by atoms with E-state index in [0.29, 0.717) is 13.2 Å². The van der Waals surface area contributed by atoms with Crippen LogP contribution in [0.2, 0.25) is 0 Å². The highest BCUT2D eigenvalue weighted by Gasteiger charge is 2.39. The number of rotatable bonds is 6. The molecule has 1 aromatic heterocycles. The summed E-state index contributed by atoms with van der Waals surface area (Å²) >= 11 is 0. The molecule has 1 aromatic rings. The van der Waals surface area contributed by atoms with Crippen molar-refractivity contribution in [3.05, 3.63) is 23.5 Å². The van der Waals surface area contributed by atoms with Crippen molar-refractivity contribution in [3.63, 3.8) is 0 Å². The lowest BCUT2D eigenvalue weighted by molar-refractivity contribution is -0.145. The number of esters is 1. The number of carbonyl (C=O) groups excluding carboxylic acids is 2. The molecule has 6 heteroatoms. The van der Waals surface area contributed by atoms with Crippen molar-refractivity contribution in [1.82, 2.24) is 14.8 Å².